The minimum atomic E-state index is -0.0752. The first-order chi connectivity index (χ1) is 10.2. The molecule has 2 rings (SSSR count). The van der Waals surface area contributed by atoms with Crippen molar-refractivity contribution in [1.29, 1.82) is 0 Å². The normalized spacial score (nSPS) is 10.0. The van der Waals surface area contributed by atoms with Crippen LogP contribution in [0.25, 0.3) is 0 Å². The first kappa shape index (κ1) is 14.9. The molecule has 0 fully saturated rings. The number of aliphatic hydroxyl groups is 1. The number of methoxy groups -OCH3 is 1. The second-order valence-corrected chi connectivity index (χ2v) is 4.62. The van der Waals surface area contributed by atoms with E-state index in [2.05, 4.69) is 11.8 Å². The molecular formula is C16H18N2O3. The fourth-order valence-corrected chi connectivity index (χ4v) is 2.01. The van der Waals surface area contributed by atoms with Gasteiger partial charge < -0.3 is 14.4 Å². The topological polar surface area (TPSA) is 56.4 Å². The van der Waals surface area contributed by atoms with Gasteiger partial charge in [0.25, 0.3) is 0 Å². The number of aromatic nitrogens is 2. The van der Waals surface area contributed by atoms with Crippen molar-refractivity contribution in [3.63, 3.8) is 0 Å². The highest BCUT2D eigenvalue weighted by Gasteiger charge is 2.07. The van der Waals surface area contributed by atoms with Crippen LogP contribution >= 0.6 is 0 Å². The highest BCUT2D eigenvalue weighted by molar-refractivity contribution is 5.44. The van der Waals surface area contributed by atoms with Gasteiger partial charge in [0.15, 0.2) is 0 Å². The van der Waals surface area contributed by atoms with Crippen LogP contribution in [-0.2, 0) is 13.6 Å². The van der Waals surface area contributed by atoms with E-state index < -0.39 is 0 Å². The summed E-state index contributed by atoms with van der Waals surface area (Å²) in [6.45, 7) is 0.480. The van der Waals surface area contributed by atoms with Crippen LogP contribution in [0.15, 0.2) is 35.4 Å². The number of hydrogen-bond acceptors (Lipinski definition) is 3. The highest BCUT2D eigenvalue weighted by atomic mass is 16.5. The molecule has 5 heteroatoms. The number of ether oxygens (including phenoxy) is 1. The molecule has 2 aromatic rings. The Bertz CT molecular complexity index is 732. The zero-order valence-corrected chi connectivity index (χ0v) is 12.2. The van der Waals surface area contributed by atoms with Crippen molar-refractivity contribution in [3.05, 3.63) is 52.2 Å². The number of hydrogen-bond donors (Lipinski definition) is 1. The van der Waals surface area contributed by atoms with Crippen LogP contribution in [0.4, 0.5) is 0 Å². The molecule has 21 heavy (non-hydrogen) atoms. The van der Waals surface area contributed by atoms with Gasteiger partial charge in [0, 0.05) is 37.0 Å². The van der Waals surface area contributed by atoms with E-state index in [0.29, 0.717) is 13.0 Å². The molecule has 1 N–H and O–H groups in total. The van der Waals surface area contributed by atoms with Crippen molar-refractivity contribution < 1.29 is 9.84 Å². The Morgan fingerprint density at radius 2 is 2.14 bits per heavy atom. The molecule has 0 unspecified atom stereocenters. The van der Waals surface area contributed by atoms with Gasteiger partial charge in [-0.2, -0.15) is 0 Å². The largest absolute Gasteiger partial charge is 0.496 e. The zero-order chi connectivity index (χ0) is 15.2. The van der Waals surface area contributed by atoms with Crippen molar-refractivity contribution in [2.75, 3.05) is 13.7 Å². The number of nitrogens with zero attached hydrogens (tertiary/aromatic N) is 2. The average Bonchev–Trinajstić information content (AvgIpc) is 2.80. The summed E-state index contributed by atoms with van der Waals surface area (Å²) in [5, 5.41) is 8.75. The standard InChI is InChI=1S/C16H18N2O3/c1-17-8-9-18(16(17)20)12-14-11-13(5-3-4-10-19)6-7-15(14)21-2/h6-9,11,19H,4,10,12H2,1-2H3. The number of aryl methyl sites for hydroxylation is 1. The van der Waals surface area contributed by atoms with Gasteiger partial charge in [0.1, 0.15) is 5.75 Å². The van der Waals surface area contributed by atoms with Crippen LogP contribution in [-0.4, -0.2) is 28.0 Å². The Balaban J connectivity index is 2.32. The van der Waals surface area contributed by atoms with E-state index in [0.717, 1.165) is 16.9 Å². The van der Waals surface area contributed by atoms with Gasteiger partial charge in [0.05, 0.1) is 20.3 Å². The Hall–Kier alpha value is -2.45. The summed E-state index contributed by atoms with van der Waals surface area (Å²) in [5.41, 5.74) is 1.65. The first-order valence-electron chi connectivity index (χ1n) is 6.64. The van der Waals surface area contributed by atoms with E-state index in [1.54, 1.807) is 31.1 Å². The molecule has 0 aliphatic carbocycles. The van der Waals surface area contributed by atoms with Crippen LogP contribution in [0.3, 0.4) is 0 Å². The van der Waals surface area contributed by atoms with Gasteiger partial charge in [-0.1, -0.05) is 11.8 Å². The van der Waals surface area contributed by atoms with Crippen LogP contribution in [0.1, 0.15) is 17.5 Å². The molecule has 1 heterocycles. The van der Waals surface area contributed by atoms with Crippen molar-refractivity contribution in [3.8, 4) is 17.6 Å². The van der Waals surface area contributed by atoms with Crippen molar-refractivity contribution >= 4 is 0 Å². The van der Waals surface area contributed by atoms with Gasteiger partial charge >= 0.3 is 5.69 Å². The fourth-order valence-electron chi connectivity index (χ4n) is 2.01. The van der Waals surface area contributed by atoms with E-state index in [-0.39, 0.29) is 12.3 Å². The van der Waals surface area contributed by atoms with E-state index in [4.69, 9.17) is 9.84 Å². The van der Waals surface area contributed by atoms with E-state index in [1.165, 1.54) is 4.57 Å². The van der Waals surface area contributed by atoms with Crippen LogP contribution in [0, 0.1) is 11.8 Å². The quantitative estimate of drug-likeness (QED) is 0.852. The molecule has 0 saturated carbocycles. The molecule has 0 amide bonds. The molecule has 1 aromatic heterocycles. The molecule has 0 bridgehead atoms. The lowest BCUT2D eigenvalue weighted by Crippen LogP contribution is -2.22. The molecule has 5 nitrogen and oxygen atoms in total. The summed E-state index contributed by atoms with van der Waals surface area (Å²) < 4.78 is 8.47. The van der Waals surface area contributed by atoms with Crippen LogP contribution in [0.5, 0.6) is 5.75 Å². The maximum absolute atomic E-state index is 11.9. The lowest BCUT2D eigenvalue weighted by Gasteiger charge is -2.09. The second-order valence-electron chi connectivity index (χ2n) is 4.62. The SMILES string of the molecule is COc1ccc(C#CCCO)cc1Cn1ccn(C)c1=O. The molecular weight excluding hydrogens is 268 g/mol. The monoisotopic (exact) mass is 286 g/mol. The van der Waals surface area contributed by atoms with Crippen molar-refractivity contribution in [2.24, 2.45) is 7.05 Å². The summed E-state index contributed by atoms with van der Waals surface area (Å²) in [7, 11) is 3.32. The maximum atomic E-state index is 11.9. The molecule has 0 saturated heterocycles. The summed E-state index contributed by atoms with van der Waals surface area (Å²) in [5.74, 6) is 6.59. The van der Waals surface area contributed by atoms with Crippen LogP contribution in [0.2, 0.25) is 0 Å². The van der Waals surface area contributed by atoms with Gasteiger partial charge in [-0.05, 0) is 18.2 Å². The van der Waals surface area contributed by atoms with E-state index >= 15 is 0 Å². The Kier molecular flexibility index (Phi) is 4.85. The van der Waals surface area contributed by atoms with E-state index in [9.17, 15) is 4.79 Å². The molecule has 0 spiro atoms. The Labute approximate surface area is 123 Å². The third kappa shape index (κ3) is 3.56. The lowest BCUT2D eigenvalue weighted by atomic mass is 10.1. The third-order valence-electron chi connectivity index (χ3n) is 3.11. The predicted molar refractivity (Wildman–Crippen MR) is 80.3 cm³/mol. The molecule has 0 aliphatic heterocycles. The Morgan fingerprint density at radius 1 is 1.33 bits per heavy atom. The highest BCUT2D eigenvalue weighted by Crippen LogP contribution is 2.20. The zero-order valence-electron chi connectivity index (χ0n) is 12.2. The number of benzene rings is 1. The van der Waals surface area contributed by atoms with Crippen molar-refractivity contribution in [1.82, 2.24) is 9.13 Å². The molecule has 0 radical (unpaired) electrons. The average molecular weight is 286 g/mol. The summed E-state index contributed by atoms with van der Waals surface area (Å²) >= 11 is 0. The minimum absolute atomic E-state index is 0.0510. The van der Waals surface area contributed by atoms with E-state index in [1.807, 2.05) is 18.2 Å². The summed E-state index contributed by atoms with van der Waals surface area (Å²) in [6, 6.07) is 5.61. The minimum Gasteiger partial charge on any atom is -0.496 e. The summed E-state index contributed by atoms with van der Waals surface area (Å²) in [4.78, 5) is 11.9. The van der Waals surface area contributed by atoms with Crippen LogP contribution < -0.4 is 10.4 Å². The van der Waals surface area contributed by atoms with Gasteiger partial charge in [0.2, 0.25) is 0 Å². The number of aliphatic hydroxyl groups excluding tert-OH is 1. The molecule has 0 aliphatic rings. The molecule has 1 aromatic carbocycles. The lowest BCUT2D eigenvalue weighted by molar-refractivity contribution is 0.305. The predicted octanol–water partition coefficient (Wildman–Crippen LogP) is 0.978. The third-order valence-corrected chi connectivity index (χ3v) is 3.11. The van der Waals surface area contributed by atoms with Gasteiger partial charge in [-0.25, -0.2) is 4.79 Å². The first-order valence-corrected chi connectivity index (χ1v) is 6.64. The number of rotatable bonds is 4. The smallest absolute Gasteiger partial charge is 0.328 e. The maximum Gasteiger partial charge on any atom is 0.328 e. The van der Waals surface area contributed by atoms with Crippen molar-refractivity contribution in [2.45, 2.75) is 13.0 Å². The Morgan fingerprint density at radius 3 is 2.76 bits per heavy atom. The van der Waals surface area contributed by atoms with Gasteiger partial charge in [-0.3, -0.25) is 4.57 Å². The number of imidazole rings is 1. The van der Waals surface area contributed by atoms with Gasteiger partial charge in [-0.15, -0.1) is 0 Å². The summed E-state index contributed by atoms with van der Waals surface area (Å²) in [6.07, 6.45) is 3.91. The molecule has 110 valence electrons. The second kappa shape index (κ2) is 6.82. The molecule has 0 atom stereocenters. The fraction of sp³-hybridized carbons (Fsp3) is 0.312.